The zero-order valence-corrected chi connectivity index (χ0v) is 8.41. The molecular formula is C10H9NO2S. The van der Waals surface area contributed by atoms with E-state index in [1.807, 2.05) is 6.07 Å². The molecular weight excluding hydrogens is 198 g/mol. The maximum Gasteiger partial charge on any atom is 0.316 e. The van der Waals surface area contributed by atoms with E-state index in [4.69, 9.17) is 10.4 Å². The number of carbonyl (C=O) groups is 1. The number of carboxylic acids is 1. The summed E-state index contributed by atoms with van der Waals surface area (Å²) in [7, 11) is 0. The van der Waals surface area contributed by atoms with Gasteiger partial charge in [-0.3, -0.25) is 4.79 Å². The molecule has 0 aliphatic heterocycles. The lowest BCUT2D eigenvalue weighted by molar-refractivity contribution is -0.136. The molecule has 1 rings (SSSR count). The van der Waals surface area contributed by atoms with Gasteiger partial charge < -0.3 is 5.11 Å². The normalized spacial score (nSPS) is 11.7. The van der Waals surface area contributed by atoms with Crippen molar-refractivity contribution in [2.24, 2.45) is 0 Å². The van der Waals surface area contributed by atoms with E-state index < -0.39 is 11.2 Å². The summed E-state index contributed by atoms with van der Waals surface area (Å²) in [5, 5.41) is 16.9. The molecule has 1 atom stereocenters. The Kier molecular flexibility index (Phi) is 3.55. The third-order valence-electron chi connectivity index (χ3n) is 1.66. The lowest BCUT2D eigenvalue weighted by atomic mass is 10.2. The van der Waals surface area contributed by atoms with Crippen LogP contribution in [0.4, 0.5) is 0 Å². The zero-order chi connectivity index (χ0) is 10.6. The summed E-state index contributed by atoms with van der Waals surface area (Å²) in [6, 6.07) is 9.00. The maximum atomic E-state index is 10.6. The first kappa shape index (κ1) is 10.6. The van der Waals surface area contributed by atoms with Gasteiger partial charge in [-0.15, -0.1) is 11.8 Å². The van der Waals surface area contributed by atoms with Gasteiger partial charge in [0.25, 0.3) is 0 Å². The molecule has 0 fully saturated rings. The van der Waals surface area contributed by atoms with E-state index in [9.17, 15) is 4.79 Å². The van der Waals surface area contributed by atoms with Crippen LogP contribution < -0.4 is 0 Å². The number of rotatable bonds is 3. The topological polar surface area (TPSA) is 61.1 Å². The molecule has 4 heteroatoms. The van der Waals surface area contributed by atoms with Gasteiger partial charge in [-0.2, -0.15) is 5.26 Å². The van der Waals surface area contributed by atoms with Crippen LogP contribution >= 0.6 is 11.8 Å². The Labute approximate surface area is 86.4 Å². The van der Waals surface area contributed by atoms with Gasteiger partial charge in [0.15, 0.2) is 0 Å². The van der Waals surface area contributed by atoms with Gasteiger partial charge in [-0.05, 0) is 19.1 Å². The van der Waals surface area contributed by atoms with Crippen molar-refractivity contribution in [1.29, 1.82) is 5.26 Å². The molecule has 0 heterocycles. The van der Waals surface area contributed by atoms with E-state index in [-0.39, 0.29) is 0 Å². The molecule has 0 aliphatic carbocycles. The SMILES string of the molecule is CC(Sc1ccccc1C#N)C(=O)O. The summed E-state index contributed by atoms with van der Waals surface area (Å²) < 4.78 is 0. The second-order valence-corrected chi connectivity index (χ2v) is 4.09. The Morgan fingerprint density at radius 1 is 1.57 bits per heavy atom. The lowest BCUT2D eigenvalue weighted by Gasteiger charge is -2.06. The molecule has 0 aliphatic rings. The van der Waals surface area contributed by atoms with Gasteiger partial charge >= 0.3 is 5.97 Å². The Bertz CT molecular complexity index is 384. The number of carboxylic acid groups (broad SMARTS) is 1. The molecule has 1 aromatic rings. The summed E-state index contributed by atoms with van der Waals surface area (Å²) >= 11 is 1.18. The molecule has 14 heavy (non-hydrogen) atoms. The highest BCUT2D eigenvalue weighted by Crippen LogP contribution is 2.26. The summed E-state index contributed by atoms with van der Waals surface area (Å²) in [4.78, 5) is 11.3. The predicted octanol–water partition coefficient (Wildman–Crippen LogP) is 2.12. The van der Waals surface area contributed by atoms with Crippen LogP contribution in [0.5, 0.6) is 0 Å². The standard InChI is InChI=1S/C10H9NO2S/c1-7(10(12)13)14-9-5-3-2-4-8(9)6-11/h2-5,7H,1H3,(H,12,13). The van der Waals surface area contributed by atoms with Gasteiger partial charge in [0.2, 0.25) is 0 Å². The third kappa shape index (κ3) is 2.51. The van der Waals surface area contributed by atoms with Crippen molar-refractivity contribution in [3.63, 3.8) is 0 Å². The number of nitrogens with zero attached hydrogens (tertiary/aromatic N) is 1. The van der Waals surface area contributed by atoms with E-state index in [1.165, 1.54) is 11.8 Å². The summed E-state index contributed by atoms with van der Waals surface area (Å²) in [5.41, 5.74) is 0.519. The Balaban J connectivity index is 2.87. The fourth-order valence-electron chi connectivity index (χ4n) is 0.903. The average Bonchev–Trinajstić information content (AvgIpc) is 2.18. The van der Waals surface area contributed by atoms with E-state index in [2.05, 4.69) is 0 Å². The molecule has 0 radical (unpaired) electrons. The highest BCUT2D eigenvalue weighted by molar-refractivity contribution is 8.00. The van der Waals surface area contributed by atoms with Crippen LogP contribution in [0.1, 0.15) is 12.5 Å². The minimum Gasteiger partial charge on any atom is -0.480 e. The maximum absolute atomic E-state index is 10.6. The van der Waals surface area contributed by atoms with Crippen molar-refractivity contribution < 1.29 is 9.90 Å². The minimum atomic E-state index is -0.872. The van der Waals surface area contributed by atoms with E-state index in [0.717, 1.165) is 0 Å². The lowest BCUT2D eigenvalue weighted by Crippen LogP contribution is -2.11. The second kappa shape index (κ2) is 4.68. The second-order valence-electron chi connectivity index (χ2n) is 2.71. The first-order valence-electron chi connectivity index (χ1n) is 4.03. The monoisotopic (exact) mass is 207 g/mol. The molecule has 1 aromatic carbocycles. The van der Waals surface area contributed by atoms with Crippen LogP contribution in [0.25, 0.3) is 0 Å². The molecule has 0 saturated heterocycles. The van der Waals surface area contributed by atoms with Crippen LogP contribution in [0.2, 0.25) is 0 Å². The summed E-state index contributed by atoms with van der Waals surface area (Å²) in [6.07, 6.45) is 0. The molecule has 3 nitrogen and oxygen atoms in total. The van der Waals surface area contributed by atoms with Crippen molar-refractivity contribution in [3.05, 3.63) is 29.8 Å². The quantitative estimate of drug-likeness (QED) is 0.771. The molecule has 1 N–H and O–H groups in total. The number of hydrogen-bond donors (Lipinski definition) is 1. The van der Waals surface area contributed by atoms with Crippen molar-refractivity contribution in [1.82, 2.24) is 0 Å². The highest BCUT2D eigenvalue weighted by Gasteiger charge is 2.13. The largest absolute Gasteiger partial charge is 0.480 e. The highest BCUT2D eigenvalue weighted by atomic mass is 32.2. The van der Waals surface area contributed by atoms with E-state index >= 15 is 0 Å². The first-order chi connectivity index (χ1) is 6.65. The number of hydrogen-bond acceptors (Lipinski definition) is 3. The number of benzene rings is 1. The minimum absolute atomic E-state index is 0.519. The molecule has 0 spiro atoms. The van der Waals surface area contributed by atoms with Crippen LogP contribution in [-0.4, -0.2) is 16.3 Å². The van der Waals surface area contributed by atoms with Gasteiger partial charge in [0, 0.05) is 4.90 Å². The van der Waals surface area contributed by atoms with Crippen LogP contribution in [0.3, 0.4) is 0 Å². The molecule has 1 unspecified atom stereocenters. The smallest absolute Gasteiger partial charge is 0.316 e. The Hall–Kier alpha value is -1.47. The fraction of sp³-hybridized carbons (Fsp3) is 0.200. The molecule has 0 saturated carbocycles. The molecule has 0 bridgehead atoms. The van der Waals surface area contributed by atoms with E-state index in [0.29, 0.717) is 10.5 Å². The third-order valence-corrected chi connectivity index (χ3v) is 2.82. The van der Waals surface area contributed by atoms with Crippen molar-refractivity contribution >= 4 is 17.7 Å². The molecule has 0 amide bonds. The van der Waals surface area contributed by atoms with Gasteiger partial charge in [-0.1, -0.05) is 12.1 Å². The van der Waals surface area contributed by atoms with Gasteiger partial charge in [0.05, 0.1) is 5.56 Å². The zero-order valence-electron chi connectivity index (χ0n) is 7.60. The molecule has 72 valence electrons. The van der Waals surface area contributed by atoms with Gasteiger partial charge in [0.1, 0.15) is 11.3 Å². The first-order valence-corrected chi connectivity index (χ1v) is 4.91. The number of aliphatic carboxylic acids is 1. The van der Waals surface area contributed by atoms with Crippen molar-refractivity contribution in [2.45, 2.75) is 17.1 Å². The van der Waals surface area contributed by atoms with Crippen molar-refractivity contribution in [2.75, 3.05) is 0 Å². The number of nitriles is 1. The predicted molar refractivity (Wildman–Crippen MR) is 54.1 cm³/mol. The Morgan fingerprint density at radius 3 is 2.79 bits per heavy atom. The molecule has 0 aromatic heterocycles. The number of thioether (sulfide) groups is 1. The Morgan fingerprint density at radius 2 is 2.21 bits per heavy atom. The van der Waals surface area contributed by atoms with E-state index in [1.54, 1.807) is 31.2 Å². The van der Waals surface area contributed by atoms with Crippen LogP contribution in [0, 0.1) is 11.3 Å². The fourth-order valence-corrected chi connectivity index (χ4v) is 1.78. The van der Waals surface area contributed by atoms with Crippen molar-refractivity contribution in [3.8, 4) is 6.07 Å². The summed E-state index contributed by atoms with van der Waals surface area (Å²) in [6.45, 7) is 1.60. The summed E-state index contributed by atoms with van der Waals surface area (Å²) in [5.74, 6) is -0.872. The van der Waals surface area contributed by atoms with Crippen LogP contribution in [0.15, 0.2) is 29.2 Å². The average molecular weight is 207 g/mol. The van der Waals surface area contributed by atoms with Gasteiger partial charge in [-0.25, -0.2) is 0 Å². The van der Waals surface area contributed by atoms with Crippen LogP contribution in [-0.2, 0) is 4.79 Å².